The van der Waals surface area contributed by atoms with E-state index >= 15 is 0 Å². The number of carbonyl (C=O) groups is 2. The Morgan fingerprint density at radius 2 is 1.75 bits per heavy atom. The first-order valence-corrected chi connectivity index (χ1v) is 9.44. The molecule has 6 nitrogen and oxygen atoms in total. The first-order valence-electron chi connectivity index (χ1n) is 9.44. The molecule has 0 atom stereocenters. The second kappa shape index (κ2) is 9.05. The van der Waals surface area contributed by atoms with E-state index in [1.807, 2.05) is 36.1 Å². The number of nitriles is 1. The third kappa shape index (κ3) is 4.89. The Bertz CT molecular complexity index is 886. The molecule has 0 aliphatic carbocycles. The summed E-state index contributed by atoms with van der Waals surface area (Å²) in [5.41, 5.74) is 3.15. The van der Waals surface area contributed by atoms with Gasteiger partial charge in [0.2, 0.25) is 5.91 Å². The van der Waals surface area contributed by atoms with Crippen LogP contribution in [0, 0.1) is 18.3 Å². The number of carbonyl (C=O) groups excluding carboxylic acids is 2. The lowest BCUT2D eigenvalue weighted by Gasteiger charge is -2.22. The van der Waals surface area contributed by atoms with Crippen LogP contribution in [0.3, 0.4) is 0 Å². The van der Waals surface area contributed by atoms with E-state index in [9.17, 15) is 9.59 Å². The summed E-state index contributed by atoms with van der Waals surface area (Å²) in [6.45, 7) is 4.53. The molecular formula is C22H24N4O2. The van der Waals surface area contributed by atoms with E-state index < -0.39 is 0 Å². The number of aryl methyl sites for hydroxylation is 1. The number of anilines is 1. The number of benzene rings is 2. The zero-order valence-electron chi connectivity index (χ0n) is 16.0. The Morgan fingerprint density at radius 3 is 2.46 bits per heavy atom. The molecule has 3 rings (SSSR count). The molecule has 1 saturated heterocycles. The van der Waals surface area contributed by atoms with E-state index in [1.54, 1.807) is 29.2 Å². The van der Waals surface area contributed by atoms with E-state index in [1.165, 1.54) is 0 Å². The highest BCUT2D eigenvalue weighted by Gasteiger charge is 2.22. The molecule has 28 heavy (non-hydrogen) atoms. The highest BCUT2D eigenvalue weighted by atomic mass is 16.2. The number of hydrogen-bond donors (Lipinski definition) is 1. The maximum Gasteiger partial charge on any atom is 0.253 e. The molecule has 1 aliphatic rings. The fraction of sp³-hybridized carbons (Fsp3) is 0.318. The van der Waals surface area contributed by atoms with Crippen LogP contribution in [0.15, 0.2) is 48.5 Å². The van der Waals surface area contributed by atoms with Crippen molar-refractivity contribution in [2.45, 2.75) is 13.3 Å². The van der Waals surface area contributed by atoms with E-state index in [0.29, 0.717) is 37.3 Å². The quantitative estimate of drug-likeness (QED) is 0.890. The summed E-state index contributed by atoms with van der Waals surface area (Å²) in [5, 5.41) is 11.9. The number of amides is 2. The number of hydrogen-bond acceptors (Lipinski definition) is 4. The SMILES string of the molecule is Cc1cccc(C(=O)N2CCCN(C(=O)CNc3ccc(C#N)cc3)CC2)c1. The van der Waals surface area contributed by atoms with Crippen molar-refractivity contribution in [3.05, 3.63) is 65.2 Å². The molecular weight excluding hydrogens is 352 g/mol. The van der Waals surface area contributed by atoms with Crippen molar-refractivity contribution >= 4 is 17.5 Å². The highest BCUT2D eigenvalue weighted by Crippen LogP contribution is 2.12. The summed E-state index contributed by atoms with van der Waals surface area (Å²) in [6.07, 6.45) is 0.764. The molecule has 2 aromatic carbocycles. The topological polar surface area (TPSA) is 76.4 Å². The Morgan fingerprint density at radius 1 is 1.04 bits per heavy atom. The van der Waals surface area contributed by atoms with Crippen molar-refractivity contribution in [1.82, 2.24) is 9.80 Å². The highest BCUT2D eigenvalue weighted by molar-refractivity contribution is 5.94. The van der Waals surface area contributed by atoms with Crippen LogP contribution in [0.5, 0.6) is 0 Å². The van der Waals surface area contributed by atoms with Crippen molar-refractivity contribution in [3.63, 3.8) is 0 Å². The van der Waals surface area contributed by atoms with Gasteiger partial charge in [-0.05, 0) is 49.7 Å². The molecule has 144 valence electrons. The van der Waals surface area contributed by atoms with Crippen LogP contribution in [0.1, 0.15) is 27.9 Å². The second-order valence-electron chi connectivity index (χ2n) is 6.94. The fourth-order valence-corrected chi connectivity index (χ4v) is 3.28. The lowest BCUT2D eigenvalue weighted by atomic mass is 10.1. The first-order chi connectivity index (χ1) is 13.6. The van der Waals surface area contributed by atoms with Gasteiger partial charge in [0.1, 0.15) is 0 Å². The molecule has 0 radical (unpaired) electrons. The molecule has 1 fully saturated rings. The predicted molar refractivity (Wildman–Crippen MR) is 108 cm³/mol. The third-order valence-corrected chi connectivity index (χ3v) is 4.86. The van der Waals surface area contributed by atoms with Crippen molar-refractivity contribution in [2.24, 2.45) is 0 Å². The van der Waals surface area contributed by atoms with Gasteiger partial charge >= 0.3 is 0 Å². The largest absolute Gasteiger partial charge is 0.376 e. The summed E-state index contributed by atoms with van der Waals surface area (Å²) in [6, 6.07) is 16.7. The van der Waals surface area contributed by atoms with Crippen LogP contribution in [0.4, 0.5) is 5.69 Å². The molecule has 0 spiro atoms. The maximum atomic E-state index is 12.7. The van der Waals surface area contributed by atoms with Crippen LogP contribution in [-0.4, -0.2) is 54.3 Å². The van der Waals surface area contributed by atoms with Gasteiger partial charge in [0, 0.05) is 37.4 Å². The van der Waals surface area contributed by atoms with Crippen LogP contribution >= 0.6 is 0 Å². The van der Waals surface area contributed by atoms with Gasteiger partial charge in [0.05, 0.1) is 18.2 Å². The van der Waals surface area contributed by atoms with Crippen molar-refractivity contribution in [3.8, 4) is 6.07 Å². The van der Waals surface area contributed by atoms with E-state index in [0.717, 1.165) is 17.7 Å². The lowest BCUT2D eigenvalue weighted by Crippen LogP contribution is -2.39. The van der Waals surface area contributed by atoms with Crippen LogP contribution in [-0.2, 0) is 4.79 Å². The van der Waals surface area contributed by atoms with Gasteiger partial charge in [-0.1, -0.05) is 17.7 Å². The van der Waals surface area contributed by atoms with Gasteiger partial charge < -0.3 is 15.1 Å². The second-order valence-corrected chi connectivity index (χ2v) is 6.94. The van der Waals surface area contributed by atoms with Crippen molar-refractivity contribution in [1.29, 1.82) is 5.26 Å². The Hall–Kier alpha value is -3.33. The summed E-state index contributed by atoms with van der Waals surface area (Å²) in [4.78, 5) is 28.9. The van der Waals surface area contributed by atoms with Gasteiger partial charge in [-0.25, -0.2) is 0 Å². The van der Waals surface area contributed by atoms with E-state index in [-0.39, 0.29) is 18.4 Å². The van der Waals surface area contributed by atoms with Crippen molar-refractivity contribution in [2.75, 3.05) is 38.0 Å². The normalized spacial score (nSPS) is 14.1. The molecule has 6 heteroatoms. The molecule has 2 aromatic rings. The maximum absolute atomic E-state index is 12.7. The summed E-state index contributed by atoms with van der Waals surface area (Å²) in [7, 11) is 0. The predicted octanol–water partition coefficient (Wildman–Crippen LogP) is 2.65. The first kappa shape index (κ1) is 19.4. The molecule has 1 aliphatic heterocycles. The van der Waals surface area contributed by atoms with Crippen LogP contribution in [0.2, 0.25) is 0 Å². The molecule has 1 heterocycles. The number of rotatable bonds is 4. The van der Waals surface area contributed by atoms with Gasteiger partial charge in [0.25, 0.3) is 5.91 Å². The third-order valence-electron chi connectivity index (χ3n) is 4.86. The zero-order valence-corrected chi connectivity index (χ0v) is 16.0. The smallest absolute Gasteiger partial charge is 0.253 e. The monoisotopic (exact) mass is 376 g/mol. The average Bonchev–Trinajstić information content (AvgIpc) is 2.98. The fourth-order valence-electron chi connectivity index (χ4n) is 3.28. The molecule has 0 unspecified atom stereocenters. The van der Waals surface area contributed by atoms with Crippen molar-refractivity contribution < 1.29 is 9.59 Å². The molecule has 0 bridgehead atoms. The summed E-state index contributed by atoms with van der Waals surface area (Å²) < 4.78 is 0. The minimum atomic E-state index is 0.00853. The number of nitrogens with zero attached hydrogens (tertiary/aromatic N) is 3. The number of nitrogens with one attached hydrogen (secondary N) is 1. The van der Waals surface area contributed by atoms with Gasteiger partial charge in [-0.3, -0.25) is 9.59 Å². The van der Waals surface area contributed by atoms with E-state index in [2.05, 4.69) is 11.4 Å². The van der Waals surface area contributed by atoms with Crippen LogP contribution < -0.4 is 5.32 Å². The average molecular weight is 376 g/mol. The van der Waals surface area contributed by atoms with Crippen LogP contribution in [0.25, 0.3) is 0 Å². The van der Waals surface area contributed by atoms with Gasteiger partial charge in [-0.15, -0.1) is 0 Å². The van der Waals surface area contributed by atoms with Gasteiger partial charge in [-0.2, -0.15) is 5.26 Å². The Kier molecular flexibility index (Phi) is 6.28. The zero-order chi connectivity index (χ0) is 19.9. The summed E-state index contributed by atoms with van der Waals surface area (Å²) in [5.74, 6) is 0.0305. The van der Waals surface area contributed by atoms with Gasteiger partial charge in [0.15, 0.2) is 0 Å². The Labute approximate surface area is 165 Å². The van der Waals surface area contributed by atoms with E-state index in [4.69, 9.17) is 5.26 Å². The summed E-state index contributed by atoms with van der Waals surface area (Å²) >= 11 is 0. The lowest BCUT2D eigenvalue weighted by molar-refractivity contribution is -0.129. The Balaban J connectivity index is 1.53. The minimum absolute atomic E-state index is 0.00853. The molecule has 2 amide bonds. The molecule has 0 aromatic heterocycles. The molecule has 1 N–H and O–H groups in total. The minimum Gasteiger partial charge on any atom is -0.376 e. The standard InChI is InChI=1S/C22H24N4O2/c1-17-4-2-5-19(14-17)22(28)26-11-3-10-25(12-13-26)21(27)16-24-20-8-6-18(15-23)7-9-20/h2,4-9,14,24H,3,10-13,16H2,1H3. The molecule has 0 saturated carbocycles.